The summed E-state index contributed by atoms with van der Waals surface area (Å²) in [5, 5.41) is 32.0. The Morgan fingerprint density at radius 1 is 0.603 bits per heavy atom. The molecule has 43 heteroatoms. The van der Waals surface area contributed by atoms with Crippen LogP contribution in [0.2, 0.25) is 5.15 Å². The lowest BCUT2D eigenvalue weighted by atomic mass is 10.1. The molecule has 4 aromatic heterocycles. The molecule has 0 aromatic carbocycles. The third kappa shape index (κ3) is 11.9. The van der Waals surface area contributed by atoms with E-state index in [0.29, 0.717) is 0 Å². The number of nitrogen functional groups attached to an aromatic ring is 3. The SMILES string of the molecule is Nc1nc(N)c2ncn([C@@H]3O[C@H](COP(=O)(O)OP(=O)(O)OP(=O)(O)O[C@H]4[C@@H](O)[C@H](n5cnc6c(Cl)nc(N)nc65)O[C@@H]4COP(=O)(O)OP(=O)(O)OP(=O)(O)O)[C@@H](O)[C@H]3O)c2n1. The van der Waals surface area contributed by atoms with Crippen molar-refractivity contribution in [3.63, 3.8) is 0 Å². The van der Waals surface area contributed by atoms with Crippen LogP contribution in [0.1, 0.15) is 12.5 Å². The third-order valence-electron chi connectivity index (χ3n) is 7.94. The van der Waals surface area contributed by atoms with E-state index >= 15 is 0 Å². The number of nitrogens with zero attached hydrogens (tertiary/aromatic N) is 8. The molecule has 63 heavy (non-hydrogen) atoms. The maximum atomic E-state index is 13.1. The topological polar surface area (TPSA) is 553 Å². The first-order chi connectivity index (χ1) is 28.9. The lowest BCUT2D eigenvalue weighted by molar-refractivity contribution is -0.0505. The molecule has 0 amide bonds. The van der Waals surface area contributed by atoms with Crippen LogP contribution in [-0.4, -0.2) is 138 Å². The molecule has 36 nitrogen and oxygen atoms in total. The first-order valence-electron chi connectivity index (χ1n) is 16.1. The number of hydrogen-bond donors (Lipinski definition) is 13. The second-order valence-corrected chi connectivity index (χ2v) is 21.8. The van der Waals surface area contributed by atoms with Crippen molar-refractivity contribution in [1.82, 2.24) is 39.0 Å². The van der Waals surface area contributed by atoms with Crippen LogP contribution in [0.4, 0.5) is 17.7 Å². The molecule has 6 rings (SSSR count). The summed E-state index contributed by atoms with van der Waals surface area (Å²) in [6, 6.07) is 0. The number of ether oxygens (including phenoxy) is 2. The highest BCUT2D eigenvalue weighted by Crippen LogP contribution is 2.69. The standard InChI is InChI=1S/C20H30ClN11O25P6/c21-13-7-15(29-19(23)27-13)31(3-25-7)18-11(35)12(6(52-18)2-50-60(41,42)55-62(45,46)54-58(36,37)38)53-61(43,44)57-63(47,48)56-59(39,40)49-1-5-9(33)10(34)17(51-5)32-4-26-8-14(22)28-20(24)30-16(8)32/h3-6,9-12,17-18,33-35H,1-2H2,(H,39,40)(H,41,42)(H,43,44)(H,45,46)(H,47,48)(H2,23,27,29)(H2,36,37,38)(H4,22,24,28,30)/t5-,6-,9-,10-,11-,12-,17-,18-/m1/s1. The zero-order valence-electron chi connectivity index (χ0n) is 30.2. The Kier molecular flexibility index (Phi) is 14.2. The van der Waals surface area contributed by atoms with Crippen molar-refractivity contribution in [3.05, 3.63) is 17.8 Å². The number of hydrogen-bond acceptors (Lipinski definition) is 27. The van der Waals surface area contributed by atoms with Gasteiger partial charge < -0.3 is 76.2 Å². The number of phosphoric ester groups is 3. The summed E-state index contributed by atoms with van der Waals surface area (Å²) >= 11 is 6.01. The van der Waals surface area contributed by atoms with E-state index in [-0.39, 0.29) is 39.2 Å². The number of imidazole rings is 2. The van der Waals surface area contributed by atoms with Gasteiger partial charge in [-0.25, -0.2) is 37.4 Å². The predicted molar refractivity (Wildman–Crippen MR) is 197 cm³/mol. The molecule has 352 valence electrons. The monoisotopic (exact) mass is 1040 g/mol. The molecule has 6 heterocycles. The van der Waals surface area contributed by atoms with Gasteiger partial charge in [0.05, 0.1) is 25.9 Å². The normalized spacial score (nSPS) is 29.3. The molecule has 2 fully saturated rings. The maximum Gasteiger partial charge on any atom is 0.490 e. The van der Waals surface area contributed by atoms with Crippen molar-refractivity contribution in [2.45, 2.75) is 49.1 Å². The quantitative estimate of drug-likeness (QED) is 0.0379. The summed E-state index contributed by atoms with van der Waals surface area (Å²) in [5.74, 6) is -0.922. The van der Waals surface area contributed by atoms with Gasteiger partial charge in [0.2, 0.25) is 11.9 Å². The number of anilines is 3. The largest absolute Gasteiger partial charge is 0.490 e. The van der Waals surface area contributed by atoms with Gasteiger partial charge in [0.15, 0.2) is 34.7 Å². The lowest BCUT2D eigenvalue weighted by Crippen LogP contribution is -2.36. The number of halogens is 1. The average Bonchev–Trinajstić information content (AvgIpc) is 3.85. The van der Waals surface area contributed by atoms with Crippen LogP contribution in [-0.2, 0) is 67.7 Å². The molecular formula is C20H30ClN11O25P6. The van der Waals surface area contributed by atoms with Gasteiger partial charge in [-0.05, 0) is 0 Å². The smallest absolute Gasteiger partial charge is 0.387 e. The molecule has 0 aliphatic carbocycles. The molecular weight excluding hydrogens is 1020 g/mol. The van der Waals surface area contributed by atoms with E-state index in [1.807, 2.05) is 0 Å². The van der Waals surface area contributed by atoms with Gasteiger partial charge in [-0.2, -0.15) is 37.2 Å². The molecule has 0 bridgehead atoms. The van der Waals surface area contributed by atoms with E-state index in [1.165, 1.54) is 0 Å². The van der Waals surface area contributed by atoms with Crippen molar-refractivity contribution >= 4 is 98.6 Å². The molecule has 2 saturated heterocycles. The maximum absolute atomic E-state index is 13.1. The van der Waals surface area contributed by atoms with Crippen molar-refractivity contribution in [2.24, 2.45) is 0 Å². The summed E-state index contributed by atoms with van der Waals surface area (Å²) in [5.41, 5.74) is 16.5. The van der Waals surface area contributed by atoms with Gasteiger partial charge in [0.1, 0.15) is 47.7 Å². The Morgan fingerprint density at radius 2 is 1.06 bits per heavy atom. The van der Waals surface area contributed by atoms with E-state index in [2.05, 4.69) is 56.2 Å². The fourth-order valence-corrected chi connectivity index (χ4v) is 12.6. The summed E-state index contributed by atoms with van der Waals surface area (Å²) in [4.78, 5) is 90.9. The van der Waals surface area contributed by atoms with Crippen molar-refractivity contribution in [2.75, 3.05) is 30.4 Å². The van der Waals surface area contributed by atoms with Crippen molar-refractivity contribution in [3.8, 4) is 0 Å². The Bertz CT molecular complexity index is 2690. The number of rotatable bonds is 18. The predicted octanol–water partition coefficient (Wildman–Crippen LogP) is -1.98. The Balaban J connectivity index is 1.15. The molecule has 0 saturated carbocycles. The highest BCUT2D eigenvalue weighted by molar-refractivity contribution is 7.67. The number of nitrogens with two attached hydrogens (primary N) is 3. The summed E-state index contributed by atoms with van der Waals surface area (Å²) in [7, 11) is -36.3. The minimum Gasteiger partial charge on any atom is -0.387 e. The molecule has 0 spiro atoms. The number of fused-ring (bicyclic) bond motifs is 2. The Hall–Kier alpha value is -2.59. The van der Waals surface area contributed by atoms with Crippen molar-refractivity contribution < 1.29 is 117 Å². The molecule has 13 atom stereocenters. The number of phosphoric acid groups is 6. The number of aromatic nitrogens is 8. The second-order valence-electron chi connectivity index (χ2n) is 12.4. The minimum atomic E-state index is -6.33. The van der Waals surface area contributed by atoms with Crippen molar-refractivity contribution in [1.29, 1.82) is 0 Å². The van der Waals surface area contributed by atoms with Crippen LogP contribution in [0.25, 0.3) is 22.3 Å². The van der Waals surface area contributed by atoms with Crippen LogP contribution >= 0.6 is 58.5 Å². The van der Waals surface area contributed by atoms with E-state index in [0.717, 1.165) is 21.8 Å². The van der Waals surface area contributed by atoms with E-state index < -0.39 is 115 Å². The van der Waals surface area contributed by atoms with E-state index in [4.69, 9.17) is 52.6 Å². The van der Waals surface area contributed by atoms with Gasteiger partial charge in [-0.1, -0.05) is 11.6 Å². The van der Waals surface area contributed by atoms with E-state index in [1.54, 1.807) is 0 Å². The first kappa shape index (κ1) is 49.8. The van der Waals surface area contributed by atoms with Gasteiger partial charge >= 0.3 is 46.9 Å². The van der Waals surface area contributed by atoms with Crippen LogP contribution in [0.5, 0.6) is 0 Å². The Labute approximate surface area is 351 Å². The summed E-state index contributed by atoms with van der Waals surface area (Å²) < 4.78 is 116. The molecule has 16 N–H and O–H groups in total. The number of aliphatic hydroxyl groups excluding tert-OH is 3. The first-order valence-corrected chi connectivity index (χ1v) is 25.5. The van der Waals surface area contributed by atoms with Crippen LogP contribution in [0.15, 0.2) is 12.7 Å². The molecule has 4 aromatic rings. The highest BCUT2D eigenvalue weighted by Gasteiger charge is 2.53. The van der Waals surface area contributed by atoms with Gasteiger partial charge in [0.25, 0.3) is 0 Å². The van der Waals surface area contributed by atoms with Crippen LogP contribution in [0, 0.1) is 0 Å². The van der Waals surface area contributed by atoms with Gasteiger partial charge in [-0.15, -0.1) is 0 Å². The molecule has 5 unspecified atom stereocenters. The van der Waals surface area contributed by atoms with Gasteiger partial charge in [0, 0.05) is 0 Å². The Morgan fingerprint density at radius 3 is 1.63 bits per heavy atom. The number of aliphatic hydroxyl groups is 3. The summed E-state index contributed by atoms with van der Waals surface area (Å²) in [6.07, 6.45) is -13.9. The lowest BCUT2D eigenvalue weighted by Gasteiger charge is -2.24. The van der Waals surface area contributed by atoms with Gasteiger partial charge in [-0.3, -0.25) is 22.7 Å². The third-order valence-corrected chi connectivity index (χ3v) is 16.3. The van der Waals surface area contributed by atoms with E-state index in [9.17, 15) is 67.2 Å². The van der Waals surface area contributed by atoms with Crippen LogP contribution < -0.4 is 17.2 Å². The molecule has 0 radical (unpaired) electrons. The fourth-order valence-electron chi connectivity index (χ4n) is 5.65. The zero-order chi connectivity index (χ0) is 46.8. The fraction of sp³-hybridized carbons (Fsp3) is 0.500. The molecule has 2 aliphatic rings. The second kappa shape index (κ2) is 17.9. The highest BCUT2D eigenvalue weighted by atomic mass is 35.5. The minimum absolute atomic E-state index is 0.0117. The average molecular weight is 1050 g/mol. The summed E-state index contributed by atoms with van der Waals surface area (Å²) in [6.45, 7) is -2.70. The van der Waals surface area contributed by atoms with Crippen LogP contribution in [0.3, 0.4) is 0 Å². The zero-order valence-corrected chi connectivity index (χ0v) is 36.3. The molecule has 2 aliphatic heterocycles.